The Labute approximate surface area is 132 Å². The van der Waals surface area contributed by atoms with Gasteiger partial charge in [-0.1, -0.05) is 12.1 Å². The van der Waals surface area contributed by atoms with Crippen LogP contribution in [0, 0.1) is 0 Å². The van der Waals surface area contributed by atoms with Crippen molar-refractivity contribution in [3.05, 3.63) is 45.9 Å². The number of carboxylic acid groups (broad SMARTS) is 1. The van der Waals surface area contributed by atoms with Crippen LogP contribution >= 0.6 is 0 Å². The second kappa shape index (κ2) is 5.79. The minimum absolute atomic E-state index is 0.0238. The Balaban J connectivity index is 2.30. The number of nitrogens with zero attached hydrogens (tertiary/aromatic N) is 1. The fourth-order valence-corrected chi connectivity index (χ4v) is 3.06. The molecule has 2 heterocycles. The van der Waals surface area contributed by atoms with Crippen LogP contribution in [0.5, 0.6) is 11.5 Å². The van der Waals surface area contributed by atoms with E-state index in [0.717, 1.165) is 12.8 Å². The van der Waals surface area contributed by atoms with Crippen molar-refractivity contribution in [2.75, 3.05) is 7.11 Å². The SMILES string of the molecule is COc1ccc(-c2c(O)c(C(=O)O)c3n(c2=O)CCCC3)cc1. The standard InChI is InChI=1S/C17H17NO5/c1-23-11-7-5-10(6-8-11)13-15(19)14(17(21)22)12-4-2-3-9-18(12)16(13)20/h5-8,19H,2-4,9H2,1H3,(H,21,22). The third-order valence-corrected chi connectivity index (χ3v) is 4.18. The van der Waals surface area contributed by atoms with E-state index in [1.165, 1.54) is 11.7 Å². The van der Waals surface area contributed by atoms with Crippen LogP contribution in [0.15, 0.2) is 29.1 Å². The Kier molecular flexibility index (Phi) is 3.82. The largest absolute Gasteiger partial charge is 0.506 e. The summed E-state index contributed by atoms with van der Waals surface area (Å²) in [4.78, 5) is 24.3. The Morgan fingerprint density at radius 1 is 1.22 bits per heavy atom. The number of aromatic carboxylic acids is 1. The fraction of sp³-hybridized carbons (Fsp3) is 0.294. The molecule has 1 aromatic heterocycles. The van der Waals surface area contributed by atoms with E-state index < -0.39 is 11.7 Å². The average molecular weight is 315 g/mol. The zero-order valence-electron chi connectivity index (χ0n) is 12.7. The number of hydrogen-bond donors (Lipinski definition) is 2. The molecule has 1 aliphatic heterocycles. The Morgan fingerprint density at radius 3 is 2.52 bits per heavy atom. The van der Waals surface area contributed by atoms with E-state index in [2.05, 4.69) is 0 Å². The maximum absolute atomic E-state index is 12.7. The summed E-state index contributed by atoms with van der Waals surface area (Å²) >= 11 is 0. The van der Waals surface area contributed by atoms with Crippen molar-refractivity contribution in [2.45, 2.75) is 25.8 Å². The lowest BCUT2D eigenvalue weighted by Gasteiger charge is -2.22. The first-order chi connectivity index (χ1) is 11.0. The van der Waals surface area contributed by atoms with E-state index in [9.17, 15) is 19.8 Å². The van der Waals surface area contributed by atoms with Gasteiger partial charge in [0.2, 0.25) is 0 Å². The highest BCUT2D eigenvalue weighted by molar-refractivity contribution is 5.95. The van der Waals surface area contributed by atoms with Crippen molar-refractivity contribution in [2.24, 2.45) is 0 Å². The number of rotatable bonds is 3. The number of aromatic nitrogens is 1. The van der Waals surface area contributed by atoms with Gasteiger partial charge in [-0.05, 0) is 37.0 Å². The minimum atomic E-state index is -1.22. The average Bonchev–Trinajstić information content (AvgIpc) is 2.55. The molecule has 0 spiro atoms. The Morgan fingerprint density at radius 2 is 1.91 bits per heavy atom. The number of ether oxygens (including phenoxy) is 1. The first kappa shape index (κ1) is 15.1. The smallest absolute Gasteiger partial charge is 0.341 e. The van der Waals surface area contributed by atoms with Gasteiger partial charge in [0.1, 0.15) is 17.1 Å². The molecule has 0 radical (unpaired) electrons. The molecule has 0 amide bonds. The van der Waals surface area contributed by atoms with Crippen molar-refractivity contribution < 1.29 is 19.7 Å². The predicted molar refractivity (Wildman–Crippen MR) is 84.3 cm³/mol. The van der Waals surface area contributed by atoms with Gasteiger partial charge in [-0.3, -0.25) is 4.79 Å². The van der Waals surface area contributed by atoms with Crippen LogP contribution in [0.4, 0.5) is 0 Å². The summed E-state index contributed by atoms with van der Waals surface area (Å²) in [7, 11) is 1.53. The molecular weight excluding hydrogens is 298 g/mol. The number of carbonyl (C=O) groups is 1. The van der Waals surface area contributed by atoms with Crippen LogP contribution in [0.2, 0.25) is 0 Å². The number of aromatic hydroxyl groups is 1. The summed E-state index contributed by atoms with van der Waals surface area (Å²) in [6, 6.07) is 6.60. The molecule has 0 atom stereocenters. The van der Waals surface area contributed by atoms with Gasteiger partial charge < -0.3 is 19.5 Å². The molecule has 23 heavy (non-hydrogen) atoms. The second-order valence-corrected chi connectivity index (χ2v) is 5.49. The Hall–Kier alpha value is -2.76. The van der Waals surface area contributed by atoms with Crippen molar-refractivity contribution >= 4 is 5.97 Å². The molecule has 2 aromatic rings. The molecule has 0 saturated heterocycles. The van der Waals surface area contributed by atoms with Gasteiger partial charge in [-0.15, -0.1) is 0 Å². The predicted octanol–water partition coefficient (Wildman–Crippen LogP) is 2.26. The van der Waals surface area contributed by atoms with E-state index in [4.69, 9.17) is 4.74 Å². The first-order valence-corrected chi connectivity index (χ1v) is 7.41. The third-order valence-electron chi connectivity index (χ3n) is 4.18. The Bertz CT molecular complexity index is 820. The molecular formula is C17H17NO5. The highest BCUT2D eigenvalue weighted by Crippen LogP contribution is 2.34. The molecule has 6 nitrogen and oxygen atoms in total. The maximum Gasteiger partial charge on any atom is 0.341 e. The molecule has 0 aliphatic carbocycles. The molecule has 6 heteroatoms. The lowest BCUT2D eigenvalue weighted by atomic mass is 9.97. The number of fused-ring (bicyclic) bond motifs is 1. The van der Waals surface area contributed by atoms with Crippen molar-refractivity contribution in [3.8, 4) is 22.6 Å². The van der Waals surface area contributed by atoms with E-state index in [0.29, 0.717) is 30.0 Å². The van der Waals surface area contributed by atoms with Gasteiger partial charge >= 0.3 is 5.97 Å². The van der Waals surface area contributed by atoms with Crippen LogP contribution in [-0.4, -0.2) is 27.9 Å². The van der Waals surface area contributed by atoms with Crippen LogP contribution in [0.25, 0.3) is 11.1 Å². The molecule has 0 saturated carbocycles. The minimum Gasteiger partial charge on any atom is -0.506 e. The second-order valence-electron chi connectivity index (χ2n) is 5.49. The fourth-order valence-electron chi connectivity index (χ4n) is 3.06. The summed E-state index contributed by atoms with van der Waals surface area (Å²) in [6.45, 7) is 0.470. The normalized spacial score (nSPS) is 13.4. The van der Waals surface area contributed by atoms with E-state index >= 15 is 0 Å². The molecule has 120 valence electrons. The van der Waals surface area contributed by atoms with Crippen molar-refractivity contribution in [1.29, 1.82) is 0 Å². The van der Waals surface area contributed by atoms with Crippen LogP contribution in [0.1, 0.15) is 28.9 Å². The topological polar surface area (TPSA) is 88.8 Å². The zero-order valence-corrected chi connectivity index (χ0v) is 12.7. The van der Waals surface area contributed by atoms with E-state index in [-0.39, 0.29) is 16.7 Å². The lowest BCUT2D eigenvalue weighted by molar-refractivity contribution is 0.0690. The molecule has 1 aliphatic rings. The summed E-state index contributed by atoms with van der Waals surface area (Å²) < 4.78 is 6.56. The van der Waals surface area contributed by atoms with E-state index in [1.54, 1.807) is 24.3 Å². The van der Waals surface area contributed by atoms with Gasteiger partial charge in [0.25, 0.3) is 5.56 Å². The van der Waals surface area contributed by atoms with Crippen LogP contribution < -0.4 is 10.3 Å². The zero-order chi connectivity index (χ0) is 16.6. The quantitative estimate of drug-likeness (QED) is 0.907. The number of benzene rings is 1. The van der Waals surface area contributed by atoms with Gasteiger partial charge in [0.15, 0.2) is 0 Å². The first-order valence-electron chi connectivity index (χ1n) is 7.41. The highest BCUT2D eigenvalue weighted by Gasteiger charge is 2.27. The van der Waals surface area contributed by atoms with Gasteiger partial charge in [0.05, 0.1) is 12.7 Å². The molecule has 2 N–H and O–H groups in total. The lowest BCUT2D eigenvalue weighted by Crippen LogP contribution is -2.30. The number of hydrogen-bond acceptors (Lipinski definition) is 4. The van der Waals surface area contributed by atoms with Gasteiger partial charge in [-0.25, -0.2) is 4.79 Å². The van der Waals surface area contributed by atoms with Crippen molar-refractivity contribution in [1.82, 2.24) is 4.57 Å². The number of carboxylic acids is 1. The number of methoxy groups -OCH3 is 1. The van der Waals surface area contributed by atoms with Gasteiger partial charge in [0, 0.05) is 12.2 Å². The summed E-state index contributed by atoms with van der Waals surface area (Å²) in [6.07, 6.45) is 2.10. The van der Waals surface area contributed by atoms with E-state index in [1.807, 2.05) is 0 Å². The molecule has 0 unspecified atom stereocenters. The van der Waals surface area contributed by atoms with Gasteiger partial charge in [-0.2, -0.15) is 0 Å². The highest BCUT2D eigenvalue weighted by atomic mass is 16.5. The van der Waals surface area contributed by atoms with Crippen LogP contribution in [-0.2, 0) is 13.0 Å². The summed E-state index contributed by atoms with van der Waals surface area (Å²) in [5.41, 5.74) is 0.373. The molecule has 0 fully saturated rings. The van der Waals surface area contributed by atoms with Crippen LogP contribution in [0.3, 0.4) is 0 Å². The molecule has 1 aromatic carbocycles. The number of pyridine rings is 1. The maximum atomic E-state index is 12.7. The monoisotopic (exact) mass is 315 g/mol. The summed E-state index contributed by atoms with van der Waals surface area (Å²) in [5, 5.41) is 19.9. The molecule has 0 bridgehead atoms. The third kappa shape index (κ3) is 2.46. The summed E-state index contributed by atoms with van der Waals surface area (Å²) in [5.74, 6) is -1.06. The van der Waals surface area contributed by atoms with Crippen molar-refractivity contribution in [3.63, 3.8) is 0 Å². The molecule has 3 rings (SSSR count).